The molecule has 1 fully saturated rings. The molecular weight excluding hydrogens is 358 g/mol. The van der Waals surface area contributed by atoms with Gasteiger partial charge in [-0.2, -0.15) is 5.26 Å². The van der Waals surface area contributed by atoms with Gasteiger partial charge in [0.05, 0.1) is 11.1 Å². The zero-order valence-corrected chi connectivity index (χ0v) is 16.0. The number of amides is 2. The summed E-state index contributed by atoms with van der Waals surface area (Å²) in [6.45, 7) is 3.19. The summed E-state index contributed by atoms with van der Waals surface area (Å²) in [5.41, 5.74) is 1.15. The highest BCUT2D eigenvalue weighted by molar-refractivity contribution is 7.99. The fraction of sp³-hybridized carbons (Fsp3) is 0.286. The molecule has 1 aliphatic rings. The Morgan fingerprint density at radius 1 is 1.22 bits per heavy atom. The fourth-order valence-electron chi connectivity index (χ4n) is 3.08. The molecule has 1 saturated heterocycles. The van der Waals surface area contributed by atoms with E-state index >= 15 is 0 Å². The van der Waals surface area contributed by atoms with E-state index < -0.39 is 0 Å². The molecule has 2 aromatic carbocycles. The molecule has 2 aromatic rings. The summed E-state index contributed by atoms with van der Waals surface area (Å²) < 4.78 is 0. The van der Waals surface area contributed by atoms with Gasteiger partial charge in [0.1, 0.15) is 6.07 Å². The molecule has 5 nitrogen and oxygen atoms in total. The number of likely N-dealkylation sites (tertiary alicyclic amines) is 1. The first-order valence-corrected chi connectivity index (χ1v) is 9.75. The minimum atomic E-state index is -0.174. The molecule has 1 aliphatic heterocycles. The lowest BCUT2D eigenvalue weighted by atomic mass is 10.2. The summed E-state index contributed by atoms with van der Waals surface area (Å²) in [5, 5.41) is 12.3. The number of nitriles is 1. The second-order valence-electron chi connectivity index (χ2n) is 6.52. The zero-order valence-electron chi connectivity index (χ0n) is 15.1. The Balaban J connectivity index is 1.72. The van der Waals surface area contributed by atoms with E-state index in [9.17, 15) is 14.9 Å². The van der Waals surface area contributed by atoms with E-state index in [4.69, 9.17) is 0 Å². The quantitative estimate of drug-likeness (QED) is 0.834. The van der Waals surface area contributed by atoms with E-state index in [-0.39, 0.29) is 17.9 Å². The molecule has 0 aliphatic carbocycles. The van der Waals surface area contributed by atoms with Crippen LogP contribution in [0.25, 0.3) is 0 Å². The van der Waals surface area contributed by atoms with Crippen LogP contribution in [0.3, 0.4) is 0 Å². The highest BCUT2D eigenvalue weighted by atomic mass is 32.2. The number of hydrogen-bond donors (Lipinski definition) is 1. The number of rotatable bonds is 6. The smallest absolute Gasteiger partial charge is 0.252 e. The molecule has 0 bridgehead atoms. The van der Waals surface area contributed by atoms with Gasteiger partial charge in [-0.05, 0) is 37.6 Å². The van der Waals surface area contributed by atoms with Gasteiger partial charge in [-0.25, -0.2) is 0 Å². The zero-order chi connectivity index (χ0) is 19.2. The molecule has 0 aromatic heterocycles. The standard InChI is InChI=1S/C21H21N3O2S/c1-15(14-24-12-6-11-20(24)25)23-21(26)17-8-3-5-10-19(17)27-18-9-4-2-7-16(18)13-22/h2-5,7-10,15H,6,11-12,14H2,1H3,(H,23,26). The molecule has 1 N–H and O–H groups in total. The summed E-state index contributed by atoms with van der Waals surface area (Å²) >= 11 is 1.41. The van der Waals surface area contributed by atoms with Gasteiger partial charge in [0.15, 0.2) is 0 Å². The maximum absolute atomic E-state index is 12.8. The third-order valence-corrected chi connectivity index (χ3v) is 5.55. The first kappa shape index (κ1) is 19.0. The van der Waals surface area contributed by atoms with Gasteiger partial charge < -0.3 is 10.2 Å². The maximum atomic E-state index is 12.8. The predicted molar refractivity (Wildman–Crippen MR) is 104 cm³/mol. The lowest BCUT2D eigenvalue weighted by molar-refractivity contribution is -0.127. The number of carbonyl (C=O) groups excluding carboxylic acids is 2. The number of hydrogen-bond acceptors (Lipinski definition) is 4. The van der Waals surface area contributed by atoms with Crippen molar-refractivity contribution in [3.63, 3.8) is 0 Å². The van der Waals surface area contributed by atoms with Gasteiger partial charge in [-0.1, -0.05) is 36.0 Å². The van der Waals surface area contributed by atoms with Crippen LogP contribution in [0.5, 0.6) is 0 Å². The molecule has 1 atom stereocenters. The molecular formula is C21H21N3O2S. The number of nitrogens with one attached hydrogen (secondary N) is 1. The summed E-state index contributed by atoms with van der Waals surface area (Å²) in [4.78, 5) is 28.0. The minimum Gasteiger partial charge on any atom is -0.348 e. The Morgan fingerprint density at radius 2 is 1.93 bits per heavy atom. The topological polar surface area (TPSA) is 73.2 Å². The Kier molecular flexibility index (Phi) is 6.15. The van der Waals surface area contributed by atoms with Crippen LogP contribution in [0.4, 0.5) is 0 Å². The monoisotopic (exact) mass is 379 g/mol. The van der Waals surface area contributed by atoms with E-state index in [1.54, 1.807) is 17.0 Å². The summed E-state index contributed by atoms with van der Waals surface area (Å²) in [5.74, 6) is -0.0214. The molecule has 0 spiro atoms. The van der Waals surface area contributed by atoms with Crippen LogP contribution in [0.1, 0.15) is 35.7 Å². The normalized spacial score (nSPS) is 14.7. The molecule has 3 rings (SSSR count). The number of carbonyl (C=O) groups is 2. The largest absolute Gasteiger partial charge is 0.348 e. The average Bonchev–Trinajstić information content (AvgIpc) is 3.07. The van der Waals surface area contributed by atoms with Crippen molar-refractivity contribution >= 4 is 23.6 Å². The molecule has 6 heteroatoms. The minimum absolute atomic E-state index is 0.135. The Labute approximate surface area is 163 Å². The fourth-order valence-corrected chi connectivity index (χ4v) is 4.11. The van der Waals surface area contributed by atoms with Crippen molar-refractivity contribution in [3.05, 3.63) is 59.7 Å². The van der Waals surface area contributed by atoms with Gasteiger partial charge in [-0.3, -0.25) is 9.59 Å². The van der Waals surface area contributed by atoms with E-state index in [0.29, 0.717) is 24.1 Å². The van der Waals surface area contributed by atoms with Gasteiger partial charge in [0.25, 0.3) is 5.91 Å². The summed E-state index contributed by atoms with van der Waals surface area (Å²) in [6, 6.07) is 16.7. The highest BCUT2D eigenvalue weighted by Gasteiger charge is 2.23. The molecule has 1 heterocycles. The van der Waals surface area contributed by atoms with Crippen molar-refractivity contribution in [1.29, 1.82) is 5.26 Å². The second kappa shape index (κ2) is 8.74. The molecule has 138 valence electrons. The lowest BCUT2D eigenvalue weighted by Crippen LogP contribution is -2.42. The van der Waals surface area contributed by atoms with E-state index in [0.717, 1.165) is 22.8 Å². The molecule has 2 amide bonds. The van der Waals surface area contributed by atoms with Gasteiger partial charge in [-0.15, -0.1) is 0 Å². The van der Waals surface area contributed by atoms with Crippen molar-refractivity contribution in [2.24, 2.45) is 0 Å². The van der Waals surface area contributed by atoms with Crippen molar-refractivity contribution in [3.8, 4) is 6.07 Å². The molecule has 0 saturated carbocycles. The Hall–Kier alpha value is -2.78. The van der Waals surface area contributed by atoms with Gasteiger partial charge in [0, 0.05) is 35.3 Å². The Morgan fingerprint density at radius 3 is 2.63 bits per heavy atom. The van der Waals surface area contributed by atoms with E-state index in [2.05, 4.69) is 11.4 Å². The van der Waals surface area contributed by atoms with Crippen molar-refractivity contribution in [2.45, 2.75) is 35.6 Å². The predicted octanol–water partition coefficient (Wildman–Crippen LogP) is 3.45. The van der Waals surface area contributed by atoms with Gasteiger partial charge >= 0.3 is 0 Å². The van der Waals surface area contributed by atoms with Crippen molar-refractivity contribution < 1.29 is 9.59 Å². The van der Waals surface area contributed by atoms with Crippen LogP contribution < -0.4 is 5.32 Å². The average molecular weight is 379 g/mol. The SMILES string of the molecule is CC(CN1CCCC1=O)NC(=O)c1ccccc1Sc1ccccc1C#N. The van der Waals surface area contributed by atoms with Crippen LogP contribution in [0.2, 0.25) is 0 Å². The van der Waals surface area contributed by atoms with Crippen LogP contribution >= 0.6 is 11.8 Å². The van der Waals surface area contributed by atoms with Crippen molar-refractivity contribution in [2.75, 3.05) is 13.1 Å². The lowest BCUT2D eigenvalue weighted by Gasteiger charge is -2.22. The Bertz CT molecular complexity index is 891. The number of benzene rings is 2. The molecule has 0 radical (unpaired) electrons. The first-order chi connectivity index (χ1) is 13.1. The molecule has 1 unspecified atom stereocenters. The molecule has 27 heavy (non-hydrogen) atoms. The van der Waals surface area contributed by atoms with E-state index in [1.807, 2.05) is 43.3 Å². The van der Waals surface area contributed by atoms with E-state index in [1.165, 1.54) is 11.8 Å². The van der Waals surface area contributed by atoms with Gasteiger partial charge in [0.2, 0.25) is 5.91 Å². The third-order valence-electron chi connectivity index (χ3n) is 4.40. The van der Waals surface area contributed by atoms with Crippen LogP contribution in [-0.4, -0.2) is 35.8 Å². The maximum Gasteiger partial charge on any atom is 0.252 e. The van der Waals surface area contributed by atoms with Crippen molar-refractivity contribution in [1.82, 2.24) is 10.2 Å². The summed E-state index contributed by atoms with van der Waals surface area (Å²) in [6.07, 6.45) is 1.48. The van der Waals surface area contributed by atoms with Crippen LogP contribution in [-0.2, 0) is 4.79 Å². The summed E-state index contributed by atoms with van der Waals surface area (Å²) in [7, 11) is 0. The third kappa shape index (κ3) is 4.69. The van der Waals surface area contributed by atoms with Crippen LogP contribution in [0.15, 0.2) is 58.3 Å². The highest BCUT2D eigenvalue weighted by Crippen LogP contribution is 2.32. The first-order valence-electron chi connectivity index (χ1n) is 8.93. The number of nitrogens with zero attached hydrogens (tertiary/aromatic N) is 2. The van der Waals surface area contributed by atoms with Crippen LogP contribution in [0, 0.1) is 11.3 Å². The second-order valence-corrected chi connectivity index (χ2v) is 7.61.